The topological polar surface area (TPSA) is 108 Å². The van der Waals surface area contributed by atoms with Crippen LogP contribution in [0.1, 0.15) is 44.4 Å². The molecule has 1 amide bonds. The molecule has 0 radical (unpaired) electrons. The number of amides is 1. The van der Waals surface area contributed by atoms with Crippen LogP contribution in [-0.4, -0.2) is 53.2 Å². The Hall–Kier alpha value is -1.81. The second-order valence-corrected chi connectivity index (χ2v) is 8.23. The number of carbonyl (C=O) groups is 2. The van der Waals surface area contributed by atoms with Crippen molar-refractivity contribution in [2.45, 2.75) is 32.4 Å². The Balaban J connectivity index is 1.61. The minimum Gasteiger partial charge on any atom is -0.477 e. The number of nitrogens with zero attached hydrogens (tertiary/aromatic N) is 2. The van der Waals surface area contributed by atoms with Crippen LogP contribution >= 0.6 is 34.5 Å². The van der Waals surface area contributed by atoms with Gasteiger partial charge in [0.05, 0.1) is 22.3 Å². The summed E-state index contributed by atoms with van der Waals surface area (Å²) in [6.45, 7) is 3.22. The number of hydrogen-bond donors (Lipinski definition) is 3. The number of halogens is 2. The third-order valence-electron chi connectivity index (χ3n) is 4.54. The summed E-state index contributed by atoms with van der Waals surface area (Å²) in [7, 11) is 1.50. The van der Waals surface area contributed by atoms with Gasteiger partial charge in [-0.2, -0.15) is 0 Å². The summed E-state index contributed by atoms with van der Waals surface area (Å²) in [5.74, 6) is -1.29. The number of nitrogens with one attached hydrogen (secondary N) is 2. The zero-order valence-corrected chi connectivity index (χ0v) is 17.7. The average molecular weight is 447 g/mol. The van der Waals surface area contributed by atoms with Gasteiger partial charge < -0.3 is 25.0 Å². The first-order valence-corrected chi connectivity index (χ1v) is 10.2. The van der Waals surface area contributed by atoms with Crippen LogP contribution in [0.5, 0.6) is 0 Å². The number of aryl methyl sites for hydroxylation is 1. The highest BCUT2D eigenvalue weighted by atomic mass is 35.5. The van der Waals surface area contributed by atoms with Crippen molar-refractivity contribution in [1.29, 1.82) is 0 Å². The van der Waals surface area contributed by atoms with Crippen molar-refractivity contribution in [2.24, 2.45) is 0 Å². The Morgan fingerprint density at radius 2 is 2.04 bits per heavy atom. The molecule has 3 rings (SSSR count). The molecular weight excluding hydrogens is 427 g/mol. The lowest BCUT2D eigenvalue weighted by Gasteiger charge is -2.32. The smallest absolute Gasteiger partial charge is 0.347 e. The highest BCUT2D eigenvalue weighted by Crippen LogP contribution is 2.31. The van der Waals surface area contributed by atoms with Crippen molar-refractivity contribution < 1.29 is 19.4 Å². The molecule has 1 fully saturated rings. The molecule has 0 atom stereocenters. The van der Waals surface area contributed by atoms with E-state index in [1.54, 1.807) is 6.92 Å². The number of aromatic nitrogens is 2. The first-order valence-electron chi connectivity index (χ1n) is 8.63. The third-order valence-corrected chi connectivity index (χ3v) is 6.64. The molecule has 11 heteroatoms. The molecule has 1 saturated heterocycles. The van der Waals surface area contributed by atoms with Crippen molar-refractivity contribution in [2.75, 3.05) is 25.1 Å². The molecule has 1 aliphatic rings. The Labute approximate surface area is 175 Å². The Morgan fingerprint density at radius 1 is 1.36 bits per heavy atom. The number of hydrogen-bond acceptors (Lipinski definition) is 6. The molecule has 0 spiro atoms. The Kier molecular flexibility index (Phi) is 6.49. The molecule has 28 heavy (non-hydrogen) atoms. The third kappa shape index (κ3) is 4.27. The lowest BCUT2D eigenvalue weighted by atomic mass is 10.1. The van der Waals surface area contributed by atoms with Crippen LogP contribution in [0.2, 0.25) is 10.0 Å². The molecule has 2 aromatic heterocycles. The number of methoxy groups -OCH3 is 1. The van der Waals surface area contributed by atoms with Gasteiger partial charge in [-0.3, -0.25) is 4.79 Å². The fraction of sp³-hybridized carbons (Fsp3) is 0.471. The molecule has 0 bridgehead atoms. The lowest BCUT2D eigenvalue weighted by Crippen LogP contribution is -2.44. The van der Waals surface area contributed by atoms with E-state index >= 15 is 0 Å². The van der Waals surface area contributed by atoms with Crippen molar-refractivity contribution in [3.05, 3.63) is 32.0 Å². The molecule has 8 nitrogen and oxygen atoms in total. The monoisotopic (exact) mass is 446 g/mol. The van der Waals surface area contributed by atoms with E-state index in [1.807, 2.05) is 4.90 Å². The van der Waals surface area contributed by atoms with Crippen molar-refractivity contribution >= 4 is 51.5 Å². The first-order chi connectivity index (χ1) is 13.3. The van der Waals surface area contributed by atoms with Gasteiger partial charge in [-0.05, 0) is 19.8 Å². The number of aromatic carboxylic acids is 1. The fourth-order valence-corrected chi connectivity index (χ4v) is 4.45. The predicted molar refractivity (Wildman–Crippen MR) is 108 cm³/mol. The van der Waals surface area contributed by atoms with Crippen LogP contribution in [0.3, 0.4) is 0 Å². The normalized spacial score (nSPS) is 15.1. The molecule has 0 aliphatic carbocycles. The minimum absolute atomic E-state index is 0.0143. The number of carbonyl (C=O) groups excluding carboxylic acids is 1. The molecule has 1 aliphatic heterocycles. The summed E-state index contributed by atoms with van der Waals surface area (Å²) in [5.41, 5.74) is 1.34. The van der Waals surface area contributed by atoms with Gasteiger partial charge in [0.1, 0.15) is 10.6 Å². The van der Waals surface area contributed by atoms with Crippen LogP contribution in [0.4, 0.5) is 5.13 Å². The largest absolute Gasteiger partial charge is 0.477 e. The van der Waals surface area contributed by atoms with Crippen molar-refractivity contribution in [3.63, 3.8) is 0 Å². The number of carboxylic acids is 1. The maximum absolute atomic E-state index is 12.5. The highest BCUT2D eigenvalue weighted by molar-refractivity contribution is 7.17. The van der Waals surface area contributed by atoms with Crippen LogP contribution in [0.25, 0.3) is 0 Å². The van der Waals surface area contributed by atoms with Crippen LogP contribution in [0, 0.1) is 6.92 Å². The van der Waals surface area contributed by atoms with Crippen molar-refractivity contribution in [3.8, 4) is 0 Å². The van der Waals surface area contributed by atoms with Gasteiger partial charge in [0, 0.05) is 31.9 Å². The number of rotatable bonds is 6. The molecule has 3 N–H and O–H groups in total. The van der Waals surface area contributed by atoms with E-state index in [4.69, 9.17) is 27.9 Å². The van der Waals surface area contributed by atoms with Crippen LogP contribution in [-0.2, 0) is 11.3 Å². The highest BCUT2D eigenvalue weighted by Gasteiger charge is 2.27. The lowest BCUT2D eigenvalue weighted by molar-refractivity contribution is 0.0696. The van der Waals surface area contributed by atoms with E-state index in [0.717, 1.165) is 11.3 Å². The standard InChI is InChI=1S/C17H20Cl2N4O4S/c1-8-11(18)12(19)13(20-8)15(24)21-9-3-5-23(6-4-9)17-22-10(7-27-2)14(28-17)16(25)26/h9,20H,3-7H2,1-2H3,(H,21,24)(H,25,26). The minimum atomic E-state index is -1.00. The number of carboxylic acid groups (broad SMARTS) is 1. The second-order valence-electron chi connectivity index (χ2n) is 6.50. The number of anilines is 1. The number of aromatic amines is 1. The summed E-state index contributed by atoms with van der Waals surface area (Å²) >= 11 is 13.3. The molecular formula is C17H20Cl2N4O4S. The number of piperidine rings is 1. The van der Waals surface area contributed by atoms with Crippen LogP contribution in [0.15, 0.2) is 0 Å². The van der Waals surface area contributed by atoms with Crippen LogP contribution < -0.4 is 10.2 Å². The SMILES string of the molecule is COCc1nc(N2CCC(NC(=O)c3[nH]c(C)c(Cl)c3Cl)CC2)sc1C(=O)O. The van der Waals surface area contributed by atoms with Gasteiger partial charge >= 0.3 is 5.97 Å². The number of ether oxygens (including phenoxy) is 1. The van der Waals surface area contributed by atoms with E-state index in [2.05, 4.69) is 15.3 Å². The van der Waals surface area contributed by atoms with E-state index < -0.39 is 5.97 Å². The summed E-state index contributed by atoms with van der Waals surface area (Å²) in [6, 6.07) is -0.0143. The van der Waals surface area contributed by atoms with E-state index in [1.165, 1.54) is 7.11 Å². The van der Waals surface area contributed by atoms with E-state index in [9.17, 15) is 14.7 Å². The van der Waals surface area contributed by atoms with Gasteiger partial charge in [0.2, 0.25) is 0 Å². The zero-order chi connectivity index (χ0) is 20.4. The maximum atomic E-state index is 12.5. The Bertz CT molecular complexity index is 890. The summed E-state index contributed by atoms with van der Waals surface area (Å²) in [6.07, 6.45) is 1.41. The molecule has 0 saturated carbocycles. The predicted octanol–water partition coefficient (Wildman–Crippen LogP) is 3.33. The molecule has 152 valence electrons. The van der Waals surface area contributed by atoms with Crippen molar-refractivity contribution in [1.82, 2.24) is 15.3 Å². The first kappa shape index (κ1) is 20.9. The maximum Gasteiger partial charge on any atom is 0.347 e. The molecule has 0 aromatic carbocycles. The quantitative estimate of drug-likeness (QED) is 0.627. The Morgan fingerprint density at radius 3 is 2.57 bits per heavy atom. The van der Waals surface area contributed by atoms with Gasteiger partial charge in [-0.1, -0.05) is 34.5 Å². The molecule has 0 unspecified atom stereocenters. The average Bonchev–Trinajstić information content (AvgIpc) is 3.20. The number of thiazole rings is 1. The van der Waals surface area contributed by atoms with E-state index in [0.29, 0.717) is 47.5 Å². The second kappa shape index (κ2) is 8.69. The van der Waals surface area contributed by atoms with Gasteiger partial charge in [0.25, 0.3) is 5.91 Å². The summed E-state index contributed by atoms with van der Waals surface area (Å²) < 4.78 is 5.03. The van der Waals surface area contributed by atoms with Gasteiger partial charge in [0.15, 0.2) is 5.13 Å². The molecule has 2 aromatic rings. The van der Waals surface area contributed by atoms with Gasteiger partial charge in [-0.25, -0.2) is 9.78 Å². The number of H-pyrrole nitrogens is 1. The van der Waals surface area contributed by atoms with E-state index in [-0.39, 0.29) is 34.1 Å². The zero-order valence-electron chi connectivity index (χ0n) is 15.3. The molecule has 3 heterocycles. The summed E-state index contributed by atoms with van der Waals surface area (Å²) in [5, 5.41) is 13.5. The fourth-order valence-electron chi connectivity index (χ4n) is 3.08. The summed E-state index contributed by atoms with van der Waals surface area (Å²) in [4.78, 5) is 33.4. The van der Waals surface area contributed by atoms with Gasteiger partial charge in [-0.15, -0.1) is 0 Å².